The van der Waals surface area contributed by atoms with Crippen LogP contribution in [0.15, 0.2) is 36.5 Å². The standard InChI is InChI=1S/C19H25FN4O2/c20-17-6-2-1-4-16(17)13-23(10-11-25)19(26)14-24-18(7-9-22-24)15-5-3-8-21-12-15/h1-2,4,6-7,9,15,21,25H,3,5,8,10-14H2. The highest BCUT2D eigenvalue weighted by Crippen LogP contribution is 2.23. The van der Waals surface area contributed by atoms with Crippen molar-refractivity contribution in [1.82, 2.24) is 20.0 Å². The summed E-state index contributed by atoms with van der Waals surface area (Å²) in [6, 6.07) is 8.34. The lowest BCUT2D eigenvalue weighted by Gasteiger charge is -2.25. The minimum atomic E-state index is -0.351. The van der Waals surface area contributed by atoms with Gasteiger partial charge in [-0.1, -0.05) is 18.2 Å². The van der Waals surface area contributed by atoms with E-state index in [2.05, 4.69) is 10.4 Å². The fourth-order valence-electron chi connectivity index (χ4n) is 3.40. The summed E-state index contributed by atoms with van der Waals surface area (Å²) < 4.78 is 15.6. The van der Waals surface area contributed by atoms with Gasteiger partial charge >= 0.3 is 0 Å². The van der Waals surface area contributed by atoms with Crippen molar-refractivity contribution in [2.45, 2.75) is 31.8 Å². The zero-order valence-electron chi connectivity index (χ0n) is 14.8. The normalized spacial score (nSPS) is 17.2. The van der Waals surface area contributed by atoms with E-state index in [0.717, 1.165) is 31.6 Å². The summed E-state index contributed by atoms with van der Waals surface area (Å²) in [7, 11) is 0. The largest absolute Gasteiger partial charge is 0.395 e. The highest BCUT2D eigenvalue weighted by atomic mass is 19.1. The maximum atomic E-state index is 13.9. The van der Waals surface area contributed by atoms with E-state index in [1.165, 1.54) is 11.0 Å². The number of rotatable bonds is 7. The number of carbonyl (C=O) groups excluding carboxylic acids is 1. The minimum Gasteiger partial charge on any atom is -0.395 e. The van der Waals surface area contributed by atoms with Crippen molar-refractivity contribution in [3.8, 4) is 0 Å². The second kappa shape index (κ2) is 8.91. The van der Waals surface area contributed by atoms with Crippen LogP contribution in [0.4, 0.5) is 4.39 Å². The molecule has 0 spiro atoms. The van der Waals surface area contributed by atoms with E-state index in [4.69, 9.17) is 0 Å². The van der Waals surface area contributed by atoms with E-state index in [1.807, 2.05) is 6.07 Å². The van der Waals surface area contributed by atoms with Crippen LogP contribution in [0.1, 0.15) is 30.0 Å². The number of benzene rings is 1. The summed E-state index contributed by atoms with van der Waals surface area (Å²) in [6.45, 7) is 2.13. The monoisotopic (exact) mass is 360 g/mol. The predicted octanol–water partition coefficient (Wildman–Crippen LogP) is 1.51. The summed E-state index contributed by atoms with van der Waals surface area (Å²) in [6.07, 6.45) is 3.89. The molecule has 3 rings (SSSR count). The Balaban J connectivity index is 1.70. The number of amides is 1. The number of halogens is 1. The maximum absolute atomic E-state index is 13.9. The molecule has 2 heterocycles. The Morgan fingerprint density at radius 3 is 2.96 bits per heavy atom. The van der Waals surface area contributed by atoms with E-state index in [0.29, 0.717) is 11.5 Å². The lowest BCUT2D eigenvalue weighted by atomic mass is 9.96. The molecule has 6 nitrogen and oxygen atoms in total. The first-order valence-corrected chi connectivity index (χ1v) is 9.03. The van der Waals surface area contributed by atoms with E-state index in [-0.39, 0.29) is 38.0 Å². The molecule has 1 unspecified atom stereocenters. The summed E-state index contributed by atoms with van der Waals surface area (Å²) in [5.41, 5.74) is 1.48. The Kier molecular flexibility index (Phi) is 6.35. The molecule has 1 amide bonds. The summed E-state index contributed by atoms with van der Waals surface area (Å²) in [4.78, 5) is 14.2. The van der Waals surface area contributed by atoms with Crippen LogP contribution >= 0.6 is 0 Å². The van der Waals surface area contributed by atoms with Crippen molar-refractivity contribution in [2.75, 3.05) is 26.2 Å². The first-order chi connectivity index (χ1) is 12.7. The molecule has 0 radical (unpaired) electrons. The van der Waals surface area contributed by atoms with Crippen molar-refractivity contribution in [3.63, 3.8) is 0 Å². The Labute approximate surface area is 152 Å². The van der Waals surface area contributed by atoms with Gasteiger partial charge in [-0.3, -0.25) is 9.48 Å². The Morgan fingerprint density at radius 1 is 1.38 bits per heavy atom. The summed E-state index contributed by atoms with van der Waals surface area (Å²) in [5.74, 6) is -0.191. The lowest BCUT2D eigenvalue weighted by Crippen LogP contribution is -2.37. The number of piperidine rings is 1. The average molecular weight is 360 g/mol. The smallest absolute Gasteiger partial charge is 0.244 e. The van der Waals surface area contributed by atoms with Gasteiger partial charge in [0.2, 0.25) is 5.91 Å². The van der Waals surface area contributed by atoms with Crippen LogP contribution in [-0.2, 0) is 17.9 Å². The van der Waals surface area contributed by atoms with Crippen LogP contribution in [0.25, 0.3) is 0 Å². The number of nitrogens with one attached hydrogen (secondary N) is 1. The predicted molar refractivity (Wildman–Crippen MR) is 96.0 cm³/mol. The molecule has 26 heavy (non-hydrogen) atoms. The molecule has 1 aromatic heterocycles. The SMILES string of the molecule is O=C(Cn1nccc1C1CCCNC1)N(CCO)Cc1ccccc1F. The highest BCUT2D eigenvalue weighted by Gasteiger charge is 2.22. The van der Waals surface area contributed by atoms with Gasteiger partial charge in [0.15, 0.2) is 0 Å². The van der Waals surface area contributed by atoms with Crippen molar-refractivity contribution < 1.29 is 14.3 Å². The summed E-state index contributed by atoms with van der Waals surface area (Å²) >= 11 is 0. The van der Waals surface area contributed by atoms with Crippen molar-refractivity contribution in [1.29, 1.82) is 0 Å². The quantitative estimate of drug-likeness (QED) is 0.785. The number of aromatic nitrogens is 2. The van der Waals surface area contributed by atoms with Gasteiger partial charge in [-0.15, -0.1) is 0 Å². The molecule has 0 aliphatic carbocycles. The maximum Gasteiger partial charge on any atom is 0.244 e. The van der Waals surface area contributed by atoms with Gasteiger partial charge in [0, 0.05) is 43.0 Å². The number of carbonyl (C=O) groups is 1. The fraction of sp³-hybridized carbons (Fsp3) is 0.474. The van der Waals surface area contributed by atoms with Crippen LogP contribution in [0.3, 0.4) is 0 Å². The Morgan fingerprint density at radius 2 is 2.23 bits per heavy atom. The van der Waals surface area contributed by atoms with E-state index < -0.39 is 0 Å². The number of hydrogen-bond donors (Lipinski definition) is 2. The molecular formula is C19H25FN4O2. The zero-order chi connectivity index (χ0) is 18.4. The van der Waals surface area contributed by atoms with Gasteiger partial charge in [0.25, 0.3) is 0 Å². The molecule has 1 aliphatic rings. The molecule has 7 heteroatoms. The first-order valence-electron chi connectivity index (χ1n) is 9.03. The Bertz CT molecular complexity index is 728. The molecule has 2 N–H and O–H groups in total. The van der Waals surface area contributed by atoms with Gasteiger partial charge in [-0.2, -0.15) is 5.10 Å². The number of nitrogens with zero attached hydrogens (tertiary/aromatic N) is 3. The third kappa shape index (κ3) is 4.47. The molecule has 1 fully saturated rings. The van der Waals surface area contributed by atoms with Gasteiger partial charge in [-0.25, -0.2) is 4.39 Å². The van der Waals surface area contributed by atoms with Crippen molar-refractivity contribution in [2.24, 2.45) is 0 Å². The van der Waals surface area contributed by atoms with Crippen LogP contribution < -0.4 is 5.32 Å². The molecule has 2 aromatic rings. The van der Waals surface area contributed by atoms with Gasteiger partial charge in [-0.05, 0) is 31.5 Å². The molecular weight excluding hydrogens is 335 g/mol. The highest BCUT2D eigenvalue weighted by molar-refractivity contribution is 5.76. The molecule has 1 aromatic carbocycles. The Hall–Kier alpha value is -2.25. The van der Waals surface area contributed by atoms with Crippen LogP contribution in [-0.4, -0.2) is 51.9 Å². The topological polar surface area (TPSA) is 70.4 Å². The third-order valence-corrected chi connectivity index (χ3v) is 4.79. The van der Waals surface area contributed by atoms with Gasteiger partial charge in [0.05, 0.1) is 6.61 Å². The first kappa shape index (κ1) is 18.5. The van der Waals surface area contributed by atoms with Crippen LogP contribution in [0.5, 0.6) is 0 Å². The molecule has 1 saturated heterocycles. The molecule has 0 bridgehead atoms. The van der Waals surface area contributed by atoms with Gasteiger partial charge < -0.3 is 15.3 Å². The second-order valence-electron chi connectivity index (χ2n) is 6.59. The zero-order valence-corrected chi connectivity index (χ0v) is 14.8. The average Bonchev–Trinajstić information content (AvgIpc) is 3.12. The third-order valence-electron chi connectivity index (χ3n) is 4.79. The fourth-order valence-corrected chi connectivity index (χ4v) is 3.40. The van der Waals surface area contributed by atoms with E-state index >= 15 is 0 Å². The second-order valence-corrected chi connectivity index (χ2v) is 6.59. The molecule has 1 aliphatic heterocycles. The number of hydrogen-bond acceptors (Lipinski definition) is 4. The molecule has 0 saturated carbocycles. The number of aliphatic hydroxyl groups excluding tert-OH is 1. The van der Waals surface area contributed by atoms with Gasteiger partial charge in [0.1, 0.15) is 12.4 Å². The molecule has 140 valence electrons. The van der Waals surface area contributed by atoms with Crippen LogP contribution in [0, 0.1) is 5.82 Å². The van der Waals surface area contributed by atoms with Crippen LogP contribution in [0.2, 0.25) is 0 Å². The van der Waals surface area contributed by atoms with Crippen molar-refractivity contribution in [3.05, 3.63) is 53.6 Å². The minimum absolute atomic E-state index is 0.0906. The van der Waals surface area contributed by atoms with E-state index in [9.17, 15) is 14.3 Å². The number of aliphatic hydroxyl groups is 1. The van der Waals surface area contributed by atoms with E-state index in [1.54, 1.807) is 29.1 Å². The summed E-state index contributed by atoms with van der Waals surface area (Å²) in [5, 5.41) is 17.0. The lowest BCUT2D eigenvalue weighted by molar-refractivity contribution is -0.133. The van der Waals surface area contributed by atoms with Crippen molar-refractivity contribution >= 4 is 5.91 Å². The molecule has 1 atom stereocenters.